The van der Waals surface area contributed by atoms with Crippen LogP contribution in [0.4, 0.5) is 5.82 Å². The lowest BCUT2D eigenvalue weighted by atomic mass is 10.0. The number of hydrogen-bond acceptors (Lipinski definition) is 7. The van der Waals surface area contributed by atoms with Crippen LogP contribution in [0.2, 0.25) is 0 Å². The van der Waals surface area contributed by atoms with Gasteiger partial charge in [0.25, 0.3) is 0 Å². The summed E-state index contributed by atoms with van der Waals surface area (Å²) in [5, 5.41) is 3.42. The van der Waals surface area contributed by atoms with Crippen molar-refractivity contribution < 1.29 is 4.74 Å². The number of rotatable bonds is 5. The third kappa shape index (κ3) is 4.48. The van der Waals surface area contributed by atoms with E-state index in [1.165, 1.54) is 12.8 Å². The van der Waals surface area contributed by atoms with E-state index in [4.69, 9.17) is 9.72 Å². The van der Waals surface area contributed by atoms with Crippen LogP contribution in [-0.2, 0) is 0 Å². The summed E-state index contributed by atoms with van der Waals surface area (Å²) in [6.45, 7) is 2.71. The van der Waals surface area contributed by atoms with Crippen LogP contribution in [0.5, 0.6) is 5.88 Å². The summed E-state index contributed by atoms with van der Waals surface area (Å²) in [4.78, 5) is 20.1. The number of piperidine rings is 1. The van der Waals surface area contributed by atoms with E-state index >= 15 is 0 Å². The van der Waals surface area contributed by atoms with E-state index in [1.807, 2.05) is 43.4 Å². The first-order valence-corrected chi connectivity index (χ1v) is 9.30. The smallest absolute Gasteiger partial charge is 0.242 e. The average molecular weight is 401 g/mol. The molecule has 1 N–H and O–H groups in total. The number of ether oxygens (including phenoxy) is 1. The number of fused-ring (bicyclic) bond motifs is 1. The zero-order valence-electron chi connectivity index (χ0n) is 16.1. The molecule has 0 spiro atoms. The van der Waals surface area contributed by atoms with Gasteiger partial charge in [-0.05, 0) is 37.6 Å². The van der Waals surface area contributed by atoms with Crippen LogP contribution in [0, 0.1) is 5.92 Å². The summed E-state index contributed by atoms with van der Waals surface area (Å²) in [6.07, 6.45) is 7.55. The minimum atomic E-state index is 0. The largest absolute Gasteiger partial charge is 0.476 e. The van der Waals surface area contributed by atoms with E-state index in [-0.39, 0.29) is 12.4 Å². The lowest BCUT2D eigenvalue weighted by molar-refractivity contribution is 0.214. The molecule has 0 radical (unpaired) electrons. The van der Waals surface area contributed by atoms with Gasteiger partial charge in [-0.2, -0.15) is 0 Å². The van der Waals surface area contributed by atoms with Crippen LogP contribution >= 0.6 is 12.4 Å². The van der Waals surface area contributed by atoms with Gasteiger partial charge in [-0.15, -0.1) is 12.4 Å². The molecule has 0 aliphatic carbocycles. The topological polar surface area (TPSA) is 76.1 Å². The molecule has 28 heavy (non-hydrogen) atoms. The van der Waals surface area contributed by atoms with Gasteiger partial charge in [0, 0.05) is 50.7 Å². The number of aromatic nitrogens is 4. The first-order valence-electron chi connectivity index (χ1n) is 9.30. The Labute approximate surface area is 171 Å². The van der Waals surface area contributed by atoms with Crippen molar-refractivity contribution in [2.75, 3.05) is 38.7 Å². The Morgan fingerprint density at radius 2 is 2.04 bits per heavy atom. The summed E-state index contributed by atoms with van der Waals surface area (Å²) in [5.74, 6) is 1.94. The third-order valence-corrected chi connectivity index (χ3v) is 4.78. The minimum Gasteiger partial charge on any atom is -0.476 e. The van der Waals surface area contributed by atoms with E-state index in [2.05, 4.69) is 20.3 Å². The van der Waals surface area contributed by atoms with Gasteiger partial charge in [-0.25, -0.2) is 15.0 Å². The van der Waals surface area contributed by atoms with Crippen molar-refractivity contribution >= 4 is 29.3 Å². The van der Waals surface area contributed by atoms with Crippen molar-refractivity contribution in [3.63, 3.8) is 0 Å². The molecule has 8 heteroatoms. The highest BCUT2D eigenvalue weighted by molar-refractivity contribution is 5.85. The van der Waals surface area contributed by atoms with E-state index in [9.17, 15) is 0 Å². The summed E-state index contributed by atoms with van der Waals surface area (Å²) >= 11 is 0. The SMILES string of the molecule is CN(C)c1ccc(-c2cc3nccnc3c(OC[C@H]3CCCNC3)n2)cn1.Cl. The van der Waals surface area contributed by atoms with Crippen molar-refractivity contribution in [3.05, 3.63) is 36.8 Å². The van der Waals surface area contributed by atoms with Gasteiger partial charge in [0.15, 0.2) is 5.52 Å². The van der Waals surface area contributed by atoms with Crippen molar-refractivity contribution in [1.29, 1.82) is 0 Å². The molecule has 4 heterocycles. The van der Waals surface area contributed by atoms with Crippen LogP contribution < -0.4 is 15.0 Å². The highest BCUT2D eigenvalue weighted by Crippen LogP contribution is 2.27. The minimum absolute atomic E-state index is 0. The molecule has 0 amide bonds. The molecule has 3 aromatic rings. The Morgan fingerprint density at radius 3 is 2.75 bits per heavy atom. The number of halogens is 1. The summed E-state index contributed by atoms with van der Waals surface area (Å²) in [6, 6.07) is 5.93. The molecule has 3 aromatic heterocycles. The van der Waals surface area contributed by atoms with Crippen molar-refractivity contribution in [2.24, 2.45) is 5.92 Å². The predicted octanol–water partition coefficient (Wildman–Crippen LogP) is 2.95. The van der Waals surface area contributed by atoms with Crippen LogP contribution in [0.15, 0.2) is 36.8 Å². The first-order chi connectivity index (χ1) is 13.2. The van der Waals surface area contributed by atoms with Gasteiger partial charge in [0.05, 0.1) is 17.8 Å². The Kier molecular flexibility index (Phi) is 6.59. The maximum atomic E-state index is 6.10. The van der Waals surface area contributed by atoms with Crippen LogP contribution in [0.25, 0.3) is 22.3 Å². The van der Waals surface area contributed by atoms with Gasteiger partial charge in [0.2, 0.25) is 5.88 Å². The van der Waals surface area contributed by atoms with Gasteiger partial charge in [0.1, 0.15) is 5.82 Å². The second-order valence-electron chi connectivity index (χ2n) is 7.06. The van der Waals surface area contributed by atoms with Gasteiger partial charge < -0.3 is 15.0 Å². The van der Waals surface area contributed by atoms with E-state index in [0.29, 0.717) is 23.9 Å². The van der Waals surface area contributed by atoms with Crippen LogP contribution in [0.3, 0.4) is 0 Å². The van der Waals surface area contributed by atoms with E-state index in [1.54, 1.807) is 12.4 Å². The Balaban J connectivity index is 0.00000225. The molecule has 0 saturated carbocycles. The van der Waals surface area contributed by atoms with Crippen LogP contribution in [0.1, 0.15) is 12.8 Å². The molecule has 1 aliphatic heterocycles. The fraction of sp³-hybridized carbons (Fsp3) is 0.400. The number of nitrogens with one attached hydrogen (secondary N) is 1. The van der Waals surface area contributed by atoms with E-state index < -0.39 is 0 Å². The zero-order valence-corrected chi connectivity index (χ0v) is 16.9. The van der Waals surface area contributed by atoms with Gasteiger partial charge in [-0.3, -0.25) is 4.98 Å². The molecule has 7 nitrogen and oxygen atoms in total. The lowest BCUT2D eigenvalue weighted by Crippen LogP contribution is -2.33. The van der Waals surface area contributed by atoms with Crippen molar-refractivity contribution in [2.45, 2.75) is 12.8 Å². The van der Waals surface area contributed by atoms with E-state index in [0.717, 1.165) is 35.7 Å². The normalized spacial score (nSPS) is 16.4. The zero-order chi connectivity index (χ0) is 18.6. The standard InChI is InChI=1S/C20H24N6O.ClH/c1-26(2)18-6-5-15(12-24-18)16-10-17-19(23-9-8-22-17)20(25-16)27-13-14-4-3-7-21-11-14;/h5-6,8-10,12,14,21H,3-4,7,11,13H2,1-2H3;1H/t14-;/m0./s1. The highest BCUT2D eigenvalue weighted by atomic mass is 35.5. The van der Waals surface area contributed by atoms with Gasteiger partial charge in [-0.1, -0.05) is 0 Å². The lowest BCUT2D eigenvalue weighted by Gasteiger charge is -2.22. The molecule has 0 bridgehead atoms. The molecule has 1 aliphatic rings. The average Bonchev–Trinajstić information content (AvgIpc) is 2.72. The molecular weight excluding hydrogens is 376 g/mol. The first kappa shape index (κ1) is 20.2. The van der Waals surface area contributed by atoms with Crippen molar-refractivity contribution in [3.8, 4) is 17.1 Å². The maximum absolute atomic E-state index is 6.10. The number of nitrogens with zero attached hydrogens (tertiary/aromatic N) is 5. The molecule has 1 saturated heterocycles. The molecule has 1 fully saturated rings. The fourth-order valence-corrected chi connectivity index (χ4v) is 3.26. The number of anilines is 1. The monoisotopic (exact) mass is 400 g/mol. The maximum Gasteiger partial charge on any atom is 0.242 e. The Morgan fingerprint density at radius 1 is 1.18 bits per heavy atom. The Bertz CT molecular complexity index is 912. The van der Waals surface area contributed by atoms with Gasteiger partial charge >= 0.3 is 0 Å². The summed E-state index contributed by atoms with van der Waals surface area (Å²) in [7, 11) is 3.94. The summed E-state index contributed by atoms with van der Waals surface area (Å²) < 4.78 is 6.10. The quantitative estimate of drug-likeness (QED) is 0.705. The van der Waals surface area contributed by atoms with Crippen LogP contribution in [-0.4, -0.2) is 53.7 Å². The second kappa shape index (κ2) is 9.12. The highest BCUT2D eigenvalue weighted by Gasteiger charge is 2.16. The number of hydrogen-bond donors (Lipinski definition) is 1. The number of pyridine rings is 2. The fourth-order valence-electron chi connectivity index (χ4n) is 3.26. The second-order valence-corrected chi connectivity index (χ2v) is 7.06. The molecule has 0 aromatic carbocycles. The predicted molar refractivity (Wildman–Crippen MR) is 113 cm³/mol. The molecular formula is C20H25ClN6O. The molecule has 0 unspecified atom stereocenters. The van der Waals surface area contributed by atoms with Crippen molar-refractivity contribution in [1.82, 2.24) is 25.3 Å². The summed E-state index contributed by atoms with van der Waals surface area (Å²) in [5.41, 5.74) is 3.19. The Hall–Kier alpha value is -2.51. The molecule has 1 atom stereocenters. The molecule has 4 rings (SSSR count). The molecule has 148 valence electrons. The third-order valence-electron chi connectivity index (χ3n) is 4.78.